The Bertz CT molecular complexity index is 832. The Balaban J connectivity index is 1.80. The van der Waals surface area contributed by atoms with Crippen molar-refractivity contribution in [1.82, 2.24) is 19.6 Å². The molecule has 1 aliphatic rings. The van der Waals surface area contributed by atoms with Gasteiger partial charge in [0, 0.05) is 31.3 Å². The Morgan fingerprint density at radius 1 is 1.21 bits per heavy atom. The first-order valence-corrected chi connectivity index (χ1v) is 8.36. The number of piperidine rings is 1. The van der Waals surface area contributed by atoms with E-state index in [1.54, 1.807) is 4.52 Å². The molecule has 6 nitrogen and oxygen atoms in total. The van der Waals surface area contributed by atoms with Crippen LogP contribution in [-0.4, -0.2) is 44.4 Å². The minimum Gasteiger partial charge on any atom is -0.396 e. The SMILES string of the molecule is CC1CC(CO)CN(c2cc(-c3ccccc3)nc3ncnn23)C1. The van der Waals surface area contributed by atoms with Gasteiger partial charge in [-0.3, -0.25) is 0 Å². The number of fused-ring (bicyclic) bond motifs is 1. The summed E-state index contributed by atoms with van der Waals surface area (Å²) in [6.07, 6.45) is 2.60. The van der Waals surface area contributed by atoms with Crippen LogP contribution >= 0.6 is 0 Å². The summed E-state index contributed by atoms with van der Waals surface area (Å²) in [4.78, 5) is 11.2. The Kier molecular flexibility index (Phi) is 3.90. The normalized spacial score (nSPS) is 21.3. The van der Waals surface area contributed by atoms with Crippen molar-refractivity contribution in [3.05, 3.63) is 42.7 Å². The minimum atomic E-state index is 0.220. The molecule has 4 rings (SSSR count). The predicted molar refractivity (Wildman–Crippen MR) is 92.8 cm³/mol. The summed E-state index contributed by atoms with van der Waals surface area (Å²) in [6, 6.07) is 12.2. The van der Waals surface area contributed by atoms with Crippen LogP contribution < -0.4 is 4.90 Å². The Hall–Kier alpha value is -2.47. The lowest BCUT2D eigenvalue weighted by Crippen LogP contribution is -2.42. The van der Waals surface area contributed by atoms with Crippen molar-refractivity contribution in [1.29, 1.82) is 0 Å². The van der Waals surface area contributed by atoms with Crippen LogP contribution in [0.3, 0.4) is 0 Å². The van der Waals surface area contributed by atoms with Gasteiger partial charge in [0.15, 0.2) is 0 Å². The Morgan fingerprint density at radius 2 is 2.04 bits per heavy atom. The lowest BCUT2D eigenvalue weighted by molar-refractivity contribution is 0.189. The molecule has 2 unspecified atom stereocenters. The highest BCUT2D eigenvalue weighted by molar-refractivity contribution is 5.65. The largest absolute Gasteiger partial charge is 0.396 e. The van der Waals surface area contributed by atoms with Gasteiger partial charge in [-0.2, -0.15) is 14.6 Å². The number of aliphatic hydroxyl groups is 1. The van der Waals surface area contributed by atoms with Gasteiger partial charge >= 0.3 is 0 Å². The van der Waals surface area contributed by atoms with Gasteiger partial charge in [-0.1, -0.05) is 37.3 Å². The third-order valence-corrected chi connectivity index (χ3v) is 4.63. The zero-order valence-corrected chi connectivity index (χ0v) is 13.7. The molecule has 1 aliphatic heterocycles. The van der Waals surface area contributed by atoms with Crippen molar-refractivity contribution in [3.8, 4) is 11.3 Å². The Morgan fingerprint density at radius 3 is 2.83 bits per heavy atom. The Labute approximate surface area is 140 Å². The van der Waals surface area contributed by atoms with Gasteiger partial charge in [0.25, 0.3) is 5.78 Å². The quantitative estimate of drug-likeness (QED) is 0.801. The maximum absolute atomic E-state index is 9.61. The molecule has 1 aromatic carbocycles. The first kappa shape index (κ1) is 15.1. The molecule has 6 heteroatoms. The van der Waals surface area contributed by atoms with Gasteiger partial charge in [0.2, 0.25) is 0 Å². The summed E-state index contributed by atoms with van der Waals surface area (Å²) in [6.45, 7) is 4.22. The molecule has 0 radical (unpaired) electrons. The number of nitrogens with zero attached hydrogens (tertiary/aromatic N) is 5. The second-order valence-corrected chi connectivity index (χ2v) is 6.63. The molecule has 0 bridgehead atoms. The number of aliphatic hydroxyl groups excluding tert-OH is 1. The second-order valence-electron chi connectivity index (χ2n) is 6.63. The highest BCUT2D eigenvalue weighted by Gasteiger charge is 2.26. The van der Waals surface area contributed by atoms with Crippen LogP contribution in [0, 0.1) is 11.8 Å². The fourth-order valence-corrected chi connectivity index (χ4v) is 3.58. The zero-order valence-electron chi connectivity index (χ0n) is 13.7. The van der Waals surface area contributed by atoms with E-state index >= 15 is 0 Å². The van der Waals surface area contributed by atoms with Gasteiger partial charge in [-0.05, 0) is 18.3 Å². The molecule has 24 heavy (non-hydrogen) atoms. The molecule has 0 amide bonds. The molecule has 0 saturated carbocycles. The van der Waals surface area contributed by atoms with E-state index in [1.165, 1.54) is 6.33 Å². The molecule has 3 aromatic rings. The zero-order chi connectivity index (χ0) is 16.5. The second kappa shape index (κ2) is 6.20. The summed E-state index contributed by atoms with van der Waals surface area (Å²) < 4.78 is 1.79. The van der Waals surface area contributed by atoms with E-state index in [-0.39, 0.29) is 6.61 Å². The number of hydrogen-bond donors (Lipinski definition) is 1. The average Bonchev–Trinajstić information content (AvgIpc) is 3.09. The summed E-state index contributed by atoms with van der Waals surface area (Å²) in [5.74, 6) is 2.41. The highest BCUT2D eigenvalue weighted by atomic mass is 16.3. The van der Waals surface area contributed by atoms with E-state index in [1.807, 2.05) is 30.3 Å². The van der Waals surface area contributed by atoms with Crippen LogP contribution in [0.2, 0.25) is 0 Å². The summed E-state index contributed by atoms with van der Waals surface area (Å²) >= 11 is 0. The maximum atomic E-state index is 9.61. The average molecular weight is 323 g/mol. The van der Waals surface area contributed by atoms with Crippen LogP contribution in [0.4, 0.5) is 5.82 Å². The molecular formula is C18H21N5O. The minimum absolute atomic E-state index is 0.220. The fraction of sp³-hybridized carbons (Fsp3) is 0.389. The van der Waals surface area contributed by atoms with Crippen molar-refractivity contribution in [2.45, 2.75) is 13.3 Å². The molecular weight excluding hydrogens is 302 g/mol. The molecule has 0 spiro atoms. The van der Waals surface area contributed by atoms with Crippen molar-refractivity contribution < 1.29 is 5.11 Å². The van der Waals surface area contributed by atoms with Crippen molar-refractivity contribution in [2.75, 3.05) is 24.6 Å². The molecule has 1 fully saturated rings. The van der Waals surface area contributed by atoms with E-state index in [0.717, 1.165) is 36.6 Å². The summed E-state index contributed by atoms with van der Waals surface area (Å²) in [7, 11) is 0. The maximum Gasteiger partial charge on any atom is 0.254 e. The van der Waals surface area contributed by atoms with Gasteiger partial charge < -0.3 is 10.0 Å². The third-order valence-electron chi connectivity index (χ3n) is 4.63. The third kappa shape index (κ3) is 2.73. The van der Waals surface area contributed by atoms with Crippen LogP contribution in [0.1, 0.15) is 13.3 Å². The van der Waals surface area contributed by atoms with Crippen molar-refractivity contribution in [2.24, 2.45) is 11.8 Å². The molecule has 1 N–H and O–H groups in total. The smallest absolute Gasteiger partial charge is 0.254 e. The first-order valence-electron chi connectivity index (χ1n) is 8.36. The monoisotopic (exact) mass is 323 g/mol. The highest BCUT2D eigenvalue weighted by Crippen LogP contribution is 2.29. The van der Waals surface area contributed by atoms with E-state index in [4.69, 9.17) is 0 Å². The lowest BCUT2D eigenvalue weighted by Gasteiger charge is -2.37. The lowest BCUT2D eigenvalue weighted by atomic mass is 9.91. The van der Waals surface area contributed by atoms with E-state index < -0.39 is 0 Å². The van der Waals surface area contributed by atoms with Crippen molar-refractivity contribution >= 4 is 11.6 Å². The van der Waals surface area contributed by atoms with Gasteiger partial charge in [-0.15, -0.1) is 0 Å². The number of benzene rings is 1. The standard InChI is InChI=1S/C18H21N5O/c1-13-7-14(11-24)10-22(9-13)17-8-16(15-5-3-2-4-6-15)21-18-19-12-20-23(17)18/h2-6,8,12-14,24H,7,9-11H2,1H3. The van der Waals surface area contributed by atoms with Crippen LogP contribution in [-0.2, 0) is 0 Å². The molecule has 2 atom stereocenters. The number of anilines is 1. The first-order chi connectivity index (χ1) is 11.7. The van der Waals surface area contributed by atoms with Gasteiger partial charge in [0.05, 0.1) is 5.69 Å². The van der Waals surface area contributed by atoms with Gasteiger partial charge in [-0.25, -0.2) is 4.98 Å². The molecule has 1 saturated heterocycles. The van der Waals surface area contributed by atoms with Gasteiger partial charge in [0.1, 0.15) is 12.1 Å². The topological polar surface area (TPSA) is 66.5 Å². The molecule has 2 aromatic heterocycles. The molecule has 124 valence electrons. The number of aromatic nitrogens is 4. The van der Waals surface area contributed by atoms with E-state index in [2.05, 4.69) is 33.0 Å². The van der Waals surface area contributed by atoms with Crippen LogP contribution in [0.5, 0.6) is 0 Å². The summed E-state index contributed by atoms with van der Waals surface area (Å²) in [5, 5.41) is 13.9. The fourth-order valence-electron chi connectivity index (χ4n) is 3.58. The molecule has 0 aliphatic carbocycles. The predicted octanol–water partition coefficient (Wildman–Crippen LogP) is 2.25. The van der Waals surface area contributed by atoms with E-state index in [9.17, 15) is 5.11 Å². The van der Waals surface area contributed by atoms with Crippen molar-refractivity contribution in [3.63, 3.8) is 0 Å². The van der Waals surface area contributed by atoms with E-state index in [0.29, 0.717) is 17.6 Å². The van der Waals surface area contributed by atoms with Crippen LogP contribution in [0.15, 0.2) is 42.7 Å². The number of rotatable bonds is 3. The molecule has 3 heterocycles. The number of hydrogen-bond acceptors (Lipinski definition) is 5. The summed E-state index contributed by atoms with van der Waals surface area (Å²) in [5.41, 5.74) is 1.96. The van der Waals surface area contributed by atoms with Crippen LogP contribution in [0.25, 0.3) is 17.0 Å².